The molecule has 0 unspecified atom stereocenters. The van der Waals surface area contributed by atoms with Gasteiger partial charge in [0.25, 0.3) is 5.91 Å². The van der Waals surface area contributed by atoms with Crippen LogP contribution >= 0.6 is 11.8 Å². The van der Waals surface area contributed by atoms with Gasteiger partial charge >= 0.3 is 0 Å². The van der Waals surface area contributed by atoms with Gasteiger partial charge in [-0.1, -0.05) is 29.8 Å². The van der Waals surface area contributed by atoms with Crippen LogP contribution in [0, 0.1) is 6.92 Å². The van der Waals surface area contributed by atoms with Crippen molar-refractivity contribution in [3.05, 3.63) is 83.3 Å². The summed E-state index contributed by atoms with van der Waals surface area (Å²) in [5.41, 5.74) is 3.55. The van der Waals surface area contributed by atoms with E-state index in [1.807, 2.05) is 43.3 Å². The Morgan fingerprint density at radius 1 is 1.18 bits per heavy atom. The van der Waals surface area contributed by atoms with Crippen molar-refractivity contribution in [1.82, 2.24) is 5.32 Å². The average molecular weight is 392 g/mol. The fourth-order valence-corrected chi connectivity index (χ4v) is 3.99. The van der Waals surface area contributed by atoms with Crippen LogP contribution in [-0.2, 0) is 17.9 Å². The lowest BCUT2D eigenvalue weighted by molar-refractivity contribution is -0.116. The first-order valence-corrected chi connectivity index (χ1v) is 10.0. The van der Waals surface area contributed by atoms with E-state index in [0.717, 1.165) is 16.1 Å². The van der Waals surface area contributed by atoms with E-state index < -0.39 is 0 Å². The van der Waals surface area contributed by atoms with Crippen molar-refractivity contribution in [3.8, 4) is 0 Å². The maximum Gasteiger partial charge on any atom is 0.251 e. The Kier molecular flexibility index (Phi) is 5.21. The molecule has 6 heteroatoms. The number of furan rings is 1. The molecule has 1 aliphatic heterocycles. The molecule has 0 spiro atoms. The molecule has 0 saturated heterocycles. The fraction of sp³-hybridized carbons (Fsp3) is 0.182. The second kappa shape index (κ2) is 7.94. The van der Waals surface area contributed by atoms with Crippen LogP contribution in [0.2, 0.25) is 0 Å². The zero-order chi connectivity index (χ0) is 19.5. The normalized spacial score (nSPS) is 13.3. The number of amides is 2. The van der Waals surface area contributed by atoms with Crippen LogP contribution in [0.25, 0.3) is 0 Å². The fourth-order valence-electron chi connectivity index (χ4n) is 3.08. The predicted molar refractivity (Wildman–Crippen MR) is 109 cm³/mol. The lowest BCUT2D eigenvalue weighted by atomic mass is 10.1. The number of anilines is 1. The van der Waals surface area contributed by atoms with Gasteiger partial charge in [-0.3, -0.25) is 9.59 Å². The van der Waals surface area contributed by atoms with Crippen molar-refractivity contribution in [2.75, 3.05) is 10.7 Å². The summed E-state index contributed by atoms with van der Waals surface area (Å²) in [6.07, 6.45) is 1.58. The topological polar surface area (TPSA) is 62.6 Å². The number of aryl methyl sites for hydroxylation is 1. The molecule has 2 heterocycles. The third-order valence-corrected chi connectivity index (χ3v) is 5.68. The minimum atomic E-state index is -0.197. The van der Waals surface area contributed by atoms with E-state index >= 15 is 0 Å². The number of nitrogens with zero attached hydrogens (tertiary/aromatic N) is 1. The molecule has 2 amide bonds. The molecule has 1 aliphatic rings. The van der Waals surface area contributed by atoms with Gasteiger partial charge in [-0.25, -0.2) is 0 Å². The van der Waals surface area contributed by atoms with Gasteiger partial charge in [-0.2, -0.15) is 0 Å². The number of carbonyl (C=O) groups excluding carboxylic acids is 2. The molecule has 4 rings (SSSR count). The lowest BCUT2D eigenvalue weighted by Crippen LogP contribution is -2.35. The highest BCUT2D eigenvalue weighted by Gasteiger charge is 2.26. The van der Waals surface area contributed by atoms with Crippen molar-refractivity contribution in [2.24, 2.45) is 0 Å². The summed E-state index contributed by atoms with van der Waals surface area (Å²) < 4.78 is 5.25. The molecule has 142 valence electrons. The molecule has 1 aromatic heterocycles. The van der Waals surface area contributed by atoms with E-state index in [9.17, 15) is 9.59 Å². The van der Waals surface area contributed by atoms with Gasteiger partial charge < -0.3 is 14.6 Å². The van der Waals surface area contributed by atoms with E-state index in [0.29, 0.717) is 30.2 Å². The minimum absolute atomic E-state index is 0.0474. The summed E-state index contributed by atoms with van der Waals surface area (Å²) in [5.74, 6) is 0.949. The van der Waals surface area contributed by atoms with Crippen molar-refractivity contribution < 1.29 is 14.0 Å². The summed E-state index contributed by atoms with van der Waals surface area (Å²) in [6.45, 7) is 2.85. The number of carbonyl (C=O) groups is 2. The second-order valence-corrected chi connectivity index (χ2v) is 7.72. The molecule has 0 bridgehead atoms. The summed E-state index contributed by atoms with van der Waals surface area (Å²) in [7, 11) is 0. The van der Waals surface area contributed by atoms with Crippen LogP contribution in [0.1, 0.15) is 27.2 Å². The van der Waals surface area contributed by atoms with E-state index in [4.69, 9.17) is 4.42 Å². The molecule has 0 atom stereocenters. The van der Waals surface area contributed by atoms with Crippen LogP contribution in [-0.4, -0.2) is 17.6 Å². The largest absolute Gasteiger partial charge is 0.467 e. The molecule has 0 fully saturated rings. The van der Waals surface area contributed by atoms with E-state index in [-0.39, 0.29) is 11.8 Å². The van der Waals surface area contributed by atoms with Gasteiger partial charge in [0.05, 0.1) is 30.8 Å². The van der Waals surface area contributed by atoms with Crippen LogP contribution in [0.3, 0.4) is 0 Å². The highest BCUT2D eigenvalue weighted by Crippen LogP contribution is 2.37. The van der Waals surface area contributed by atoms with E-state index in [1.165, 1.54) is 17.3 Å². The van der Waals surface area contributed by atoms with E-state index in [2.05, 4.69) is 5.32 Å². The monoisotopic (exact) mass is 392 g/mol. The van der Waals surface area contributed by atoms with Crippen LogP contribution in [0.15, 0.2) is 70.2 Å². The van der Waals surface area contributed by atoms with Crippen molar-refractivity contribution in [2.45, 2.75) is 24.9 Å². The maximum atomic E-state index is 12.6. The number of benzene rings is 2. The molecule has 0 aliphatic carbocycles. The molecule has 5 nitrogen and oxygen atoms in total. The number of rotatable bonds is 5. The first-order chi connectivity index (χ1) is 13.6. The number of thioether (sulfide) groups is 1. The molecule has 28 heavy (non-hydrogen) atoms. The number of hydrogen-bond acceptors (Lipinski definition) is 4. The highest BCUT2D eigenvalue weighted by molar-refractivity contribution is 8.00. The Morgan fingerprint density at radius 3 is 2.75 bits per heavy atom. The zero-order valence-electron chi connectivity index (χ0n) is 15.5. The van der Waals surface area contributed by atoms with Crippen molar-refractivity contribution in [3.63, 3.8) is 0 Å². The Bertz CT molecular complexity index is 997. The predicted octanol–water partition coefficient (Wildman–Crippen LogP) is 4.16. The summed E-state index contributed by atoms with van der Waals surface area (Å²) in [4.78, 5) is 27.9. The third-order valence-electron chi connectivity index (χ3n) is 4.63. The summed E-state index contributed by atoms with van der Waals surface area (Å²) in [5, 5.41) is 2.85. The van der Waals surface area contributed by atoms with Crippen molar-refractivity contribution in [1.29, 1.82) is 0 Å². The number of nitrogens with one attached hydrogen (secondary N) is 1. The van der Waals surface area contributed by atoms with Crippen molar-refractivity contribution >= 4 is 29.3 Å². The summed E-state index contributed by atoms with van der Waals surface area (Å²) in [6, 6.07) is 17.2. The number of fused-ring (bicyclic) bond motifs is 1. The molecule has 2 aromatic carbocycles. The molecular weight excluding hydrogens is 372 g/mol. The van der Waals surface area contributed by atoms with Gasteiger partial charge in [0.15, 0.2) is 0 Å². The van der Waals surface area contributed by atoms with Crippen LogP contribution in [0.5, 0.6) is 0 Å². The first kappa shape index (κ1) is 18.4. The van der Waals surface area contributed by atoms with Crippen LogP contribution < -0.4 is 10.2 Å². The van der Waals surface area contributed by atoms with Gasteiger partial charge in [-0.15, -0.1) is 11.8 Å². The average Bonchev–Trinajstić information content (AvgIpc) is 3.23. The second-order valence-electron chi connectivity index (χ2n) is 6.70. The molecule has 0 radical (unpaired) electrons. The Balaban J connectivity index is 1.56. The van der Waals surface area contributed by atoms with Gasteiger partial charge in [0.1, 0.15) is 5.76 Å². The smallest absolute Gasteiger partial charge is 0.251 e. The molecule has 1 N–H and O–H groups in total. The highest BCUT2D eigenvalue weighted by atomic mass is 32.2. The first-order valence-electron chi connectivity index (χ1n) is 9.03. The maximum absolute atomic E-state index is 12.6. The molecular formula is C22H20N2O3S. The SMILES string of the molecule is Cc1ccc(CN2C(=O)CSc3ccc(C(=O)NCc4ccco4)cc32)cc1. The van der Waals surface area contributed by atoms with Gasteiger partial charge in [0.2, 0.25) is 5.91 Å². The Hall–Kier alpha value is -2.99. The van der Waals surface area contributed by atoms with E-state index in [1.54, 1.807) is 29.4 Å². The summed E-state index contributed by atoms with van der Waals surface area (Å²) >= 11 is 1.51. The Labute approximate surface area is 167 Å². The number of hydrogen-bond donors (Lipinski definition) is 1. The quantitative estimate of drug-likeness (QED) is 0.708. The molecule has 0 saturated carbocycles. The third kappa shape index (κ3) is 3.97. The lowest BCUT2D eigenvalue weighted by Gasteiger charge is -2.29. The molecule has 3 aromatic rings. The standard InChI is InChI=1S/C22H20N2O3S/c1-15-4-6-16(7-5-15)13-24-19-11-17(8-9-20(19)28-14-21(24)25)22(26)23-12-18-3-2-10-27-18/h2-11H,12-14H2,1H3,(H,23,26). The Morgan fingerprint density at radius 2 is 2.00 bits per heavy atom. The van der Waals surface area contributed by atoms with Gasteiger partial charge in [0, 0.05) is 10.5 Å². The van der Waals surface area contributed by atoms with Gasteiger partial charge in [-0.05, 0) is 42.8 Å². The zero-order valence-corrected chi connectivity index (χ0v) is 16.3. The minimum Gasteiger partial charge on any atom is -0.467 e. The van der Waals surface area contributed by atoms with Crippen LogP contribution in [0.4, 0.5) is 5.69 Å².